The minimum atomic E-state index is -2.36. The van der Waals surface area contributed by atoms with E-state index in [0.717, 1.165) is 64.3 Å². The highest BCUT2D eigenvalue weighted by molar-refractivity contribution is 7.32. The average Bonchev–Trinajstić information content (AvgIpc) is 4.33. The lowest BCUT2D eigenvalue weighted by molar-refractivity contribution is 0.633. The molecule has 0 amide bonds. The van der Waals surface area contributed by atoms with Crippen molar-refractivity contribution in [3.05, 3.63) is 94.2 Å². The molecular weight excluding hydrogens is 1100 g/mol. The van der Waals surface area contributed by atoms with Crippen LogP contribution in [0, 0.1) is 11.6 Å². The van der Waals surface area contributed by atoms with Crippen LogP contribution in [0.3, 0.4) is 0 Å². The Bertz CT molecular complexity index is 3310. The minimum Gasteiger partial charge on any atom is -0.206 e. The van der Waals surface area contributed by atoms with Crippen molar-refractivity contribution in [3.8, 4) is 71.0 Å². The summed E-state index contributed by atoms with van der Waals surface area (Å²) in [5.41, 5.74) is 5.56. The molecule has 75 heavy (non-hydrogen) atoms. The number of nitrogens with zero attached hydrogens (tertiary/aromatic N) is 4. The number of fused-ring (bicyclic) bond motifs is 5. The van der Waals surface area contributed by atoms with Crippen LogP contribution in [0.4, 0.5) is 8.78 Å². The fourth-order valence-electron chi connectivity index (χ4n) is 11.2. The Morgan fingerprint density at radius 1 is 0.373 bits per heavy atom. The fraction of sp³-hybridized carbons (Fsp3) is 0.400. The second-order valence-corrected chi connectivity index (χ2v) is 32.3. The minimum absolute atomic E-state index is 0.254. The predicted octanol–water partition coefficient (Wildman–Crippen LogP) is 21.3. The van der Waals surface area contributed by atoms with Gasteiger partial charge in [0.05, 0.1) is 34.6 Å². The Balaban J connectivity index is 0.952. The summed E-state index contributed by atoms with van der Waals surface area (Å²) in [4.78, 5) is 14.1. The van der Waals surface area contributed by atoms with Gasteiger partial charge in [-0.3, -0.25) is 0 Å². The number of aromatic nitrogens is 4. The van der Waals surface area contributed by atoms with E-state index in [1.807, 2.05) is 22.7 Å². The van der Waals surface area contributed by atoms with Gasteiger partial charge in [0, 0.05) is 69.7 Å². The summed E-state index contributed by atoms with van der Waals surface area (Å²) < 4.78 is 53.5. The van der Waals surface area contributed by atoms with Crippen LogP contribution in [0.2, 0.25) is 12.1 Å². The van der Waals surface area contributed by atoms with E-state index in [1.54, 1.807) is 57.5 Å². The highest BCUT2D eigenvalue weighted by atomic mass is 32.1. The molecule has 8 aromatic heterocycles. The summed E-state index contributed by atoms with van der Waals surface area (Å²) in [7, 11) is -2.36. The van der Waals surface area contributed by atoms with E-state index in [9.17, 15) is 0 Å². The van der Waals surface area contributed by atoms with Gasteiger partial charge in [-0.05, 0) is 121 Å². The number of aryl methyl sites for hydroxylation is 2. The van der Waals surface area contributed by atoms with Crippen LogP contribution < -0.4 is 10.4 Å². The molecule has 0 bridgehead atoms. The number of hydrogen-bond donors (Lipinski definition) is 0. The first-order valence-electron chi connectivity index (χ1n) is 27.4. The van der Waals surface area contributed by atoms with Gasteiger partial charge in [0.15, 0.2) is 0 Å². The van der Waals surface area contributed by atoms with Crippen LogP contribution in [-0.4, -0.2) is 25.6 Å². The molecule has 15 heteroatoms. The van der Waals surface area contributed by atoms with Crippen molar-refractivity contribution in [3.63, 3.8) is 0 Å². The van der Waals surface area contributed by atoms with Gasteiger partial charge >= 0.3 is 0 Å². The number of benzene rings is 2. The van der Waals surface area contributed by atoms with E-state index in [4.69, 9.17) is 17.5 Å². The maximum Gasteiger partial charge on any atom is 0.134 e. The van der Waals surface area contributed by atoms with Crippen molar-refractivity contribution in [2.45, 2.75) is 155 Å². The van der Waals surface area contributed by atoms with E-state index in [2.05, 4.69) is 88.4 Å². The van der Waals surface area contributed by atoms with E-state index in [-0.39, 0.29) is 11.6 Å². The number of rotatable bonds is 26. The van der Waals surface area contributed by atoms with Crippen molar-refractivity contribution in [1.29, 1.82) is 0 Å². The van der Waals surface area contributed by atoms with Crippen molar-refractivity contribution in [1.82, 2.24) is 17.5 Å². The van der Waals surface area contributed by atoms with Crippen LogP contribution in [0.25, 0.3) is 93.1 Å². The predicted molar refractivity (Wildman–Crippen MR) is 332 cm³/mol. The Morgan fingerprint density at radius 3 is 1.17 bits per heavy atom. The molecule has 390 valence electrons. The van der Waals surface area contributed by atoms with Gasteiger partial charge in [0.25, 0.3) is 0 Å². The molecule has 0 saturated heterocycles. The highest BCUT2D eigenvalue weighted by Crippen LogP contribution is 2.51. The van der Waals surface area contributed by atoms with Crippen LogP contribution in [0.1, 0.15) is 140 Å². The fourth-order valence-corrected chi connectivity index (χ4v) is 26.2. The zero-order valence-corrected chi connectivity index (χ0v) is 50.9. The lowest BCUT2D eigenvalue weighted by Crippen LogP contribution is -2.54. The zero-order chi connectivity index (χ0) is 51.5. The summed E-state index contributed by atoms with van der Waals surface area (Å²) in [5, 5.41) is 3.00. The van der Waals surface area contributed by atoms with Gasteiger partial charge in [-0.2, -0.15) is 17.5 Å². The molecule has 11 rings (SSSR count). The second-order valence-electron chi connectivity index (χ2n) is 20.4. The van der Waals surface area contributed by atoms with Gasteiger partial charge in [0.2, 0.25) is 0 Å². The molecule has 0 fully saturated rings. The van der Waals surface area contributed by atoms with Gasteiger partial charge in [-0.15, -0.1) is 68.0 Å². The number of unbranched alkanes of at least 4 members (excludes halogenated alkanes) is 12. The third kappa shape index (κ3) is 10.8. The van der Waals surface area contributed by atoms with Crippen LogP contribution in [0.5, 0.6) is 0 Å². The summed E-state index contributed by atoms with van der Waals surface area (Å²) >= 11 is 12.9. The molecule has 0 saturated carbocycles. The van der Waals surface area contributed by atoms with Gasteiger partial charge < -0.3 is 0 Å². The molecule has 0 N–H and O–H groups in total. The molecule has 0 unspecified atom stereocenters. The normalized spacial score (nSPS) is 13.0. The Morgan fingerprint density at radius 2 is 0.747 bits per heavy atom. The number of halogens is 2. The van der Waals surface area contributed by atoms with E-state index in [1.165, 1.54) is 178 Å². The maximum atomic E-state index is 17.0. The third-order valence-corrected chi connectivity index (χ3v) is 29.3. The average molecular weight is 1160 g/mol. The molecule has 0 radical (unpaired) electrons. The molecule has 0 aliphatic carbocycles. The molecular formula is C60H64F2N4S8Si. The molecule has 1 aliphatic heterocycles. The van der Waals surface area contributed by atoms with E-state index >= 15 is 8.78 Å². The van der Waals surface area contributed by atoms with Crippen molar-refractivity contribution < 1.29 is 8.78 Å². The zero-order valence-electron chi connectivity index (χ0n) is 43.4. The third-order valence-electron chi connectivity index (χ3n) is 15.2. The largest absolute Gasteiger partial charge is 0.206 e. The molecule has 1 aliphatic rings. The SMILES string of the molecule is CCCCCCc1ccc(-c2ccc(-c3c(F)cc(-c4cc5c(s4)-c4sc(-c6cc(F)c(-c7ccc(-c8ccc(CCCCCC)s8)s7)c7nsnc67)cc4[Si]5(CCCCCC)CCCCCC)c4nsnc34)s2)s1. The lowest BCUT2D eigenvalue weighted by atomic mass is 10.0. The van der Waals surface area contributed by atoms with Crippen LogP contribution >= 0.6 is 91.5 Å². The van der Waals surface area contributed by atoms with Crippen LogP contribution in [0.15, 0.2) is 72.8 Å². The van der Waals surface area contributed by atoms with E-state index in [0.29, 0.717) is 22.2 Å². The first kappa shape index (κ1) is 53.4. The number of hydrogen-bond acceptors (Lipinski definition) is 12. The summed E-state index contributed by atoms with van der Waals surface area (Å²) in [6.45, 7) is 9.08. The van der Waals surface area contributed by atoms with Crippen molar-refractivity contribution in [2.24, 2.45) is 0 Å². The summed E-state index contributed by atoms with van der Waals surface area (Å²) in [6, 6.07) is 28.1. The Kier molecular flexibility index (Phi) is 17.2. The van der Waals surface area contributed by atoms with Gasteiger partial charge in [-0.25, -0.2) is 8.78 Å². The van der Waals surface area contributed by atoms with E-state index < -0.39 is 8.07 Å². The second kappa shape index (κ2) is 24.2. The Labute approximate surface area is 474 Å². The van der Waals surface area contributed by atoms with Crippen LogP contribution in [-0.2, 0) is 12.8 Å². The topological polar surface area (TPSA) is 51.6 Å². The summed E-state index contributed by atoms with van der Waals surface area (Å²) in [6.07, 6.45) is 21.9. The standard InChI is InChI=1S/C60H64F2N4S8Si/c1-5-9-13-17-21-37-23-25-43(67-37)45-27-29-47(69-45)53-41(61)33-39(55-57(53)65-73-63-55)49-35-51-59(71-49)60-52(75(51,31-19-15-11-7-3)32-20-16-12-8-4)36-50(72-60)40-34-42(62)54(58-56(40)64-74-66-58)48-30-28-46(70-48)44-26-24-38(68-44)22-18-14-10-6-2/h23-30,33-36H,5-22,31-32H2,1-4H3. The van der Waals surface area contributed by atoms with Crippen molar-refractivity contribution >= 4 is 132 Å². The number of thiophene rings is 6. The molecule has 0 atom stereocenters. The van der Waals surface area contributed by atoms with Gasteiger partial charge in [0.1, 0.15) is 41.8 Å². The molecule has 4 nitrogen and oxygen atoms in total. The first-order valence-corrected chi connectivity index (χ1v) is 36.2. The quantitative estimate of drug-likeness (QED) is 0.0400. The van der Waals surface area contributed by atoms with Gasteiger partial charge in [-0.1, -0.05) is 118 Å². The molecule has 9 heterocycles. The first-order chi connectivity index (χ1) is 36.8. The summed E-state index contributed by atoms with van der Waals surface area (Å²) in [5.74, 6) is -0.508. The Hall–Kier alpha value is -3.64. The maximum absolute atomic E-state index is 17.0. The smallest absolute Gasteiger partial charge is 0.134 e. The molecule has 0 spiro atoms. The lowest BCUT2D eigenvalue weighted by Gasteiger charge is -2.29. The monoisotopic (exact) mass is 1160 g/mol. The molecule has 10 aromatic rings. The molecule has 2 aromatic carbocycles. The van der Waals surface area contributed by atoms with Crippen molar-refractivity contribution in [2.75, 3.05) is 0 Å². The highest BCUT2D eigenvalue weighted by Gasteiger charge is 2.48.